The molecule has 0 aromatic heterocycles. The molecule has 0 spiro atoms. The first-order chi connectivity index (χ1) is 13.6. The number of halogens is 1. The summed E-state index contributed by atoms with van der Waals surface area (Å²) in [5.74, 6) is 1.35. The predicted octanol–water partition coefficient (Wildman–Crippen LogP) is 5.75. The number of carbonyl (C=O) groups is 1. The first-order valence-corrected chi connectivity index (χ1v) is 10.4. The smallest absolute Gasteiger partial charge is 0.251 e. The van der Waals surface area contributed by atoms with E-state index in [1.165, 1.54) is 10.5 Å². The molecular formula is C23H22ClNO2S. The van der Waals surface area contributed by atoms with Gasteiger partial charge in [-0.05, 0) is 43.3 Å². The van der Waals surface area contributed by atoms with Crippen LogP contribution in [-0.2, 0) is 6.61 Å². The number of aryl methyl sites for hydroxylation is 1. The Morgan fingerprint density at radius 1 is 1.04 bits per heavy atom. The molecule has 1 N–H and O–H groups in total. The van der Waals surface area contributed by atoms with Gasteiger partial charge >= 0.3 is 0 Å². The van der Waals surface area contributed by atoms with Crippen LogP contribution in [0, 0.1) is 6.92 Å². The summed E-state index contributed by atoms with van der Waals surface area (Å²) in [7, 11) is 0. The van der Waals surface area contributed by atoms with E-state index in [2.05, 4.69) is 36.5 Å². The molecular weight excluding hydrogens is 390 g/mol. The van der Waals surface area contributed by atoms with Gasteiger partial charge in [-0.15, -0.1) is 11.8 Å². The zero-order valence-electron chi connectivity index (χ0n) is 15.7. The minimum atomic E-state index is -0.104. The number of thioether (sulfide) groups is 1. The van der Waals surface area contributed by atoms with Crippen LogP contribution in [0.3, 0.4) is 0 Å². The van der Waals surface area contributed by atoms with E-state index < -0.39 is 0 Å². The van der Waals surface area contributed by atoms with Crippen molar-refractivity contribution in [1.29, 1.82) is 0 Å². The number of rotatable bonds is 8. The van der Waals surface area contributed by atoms with E-state index in [1.54, 1.807) is 23.9 Å². The molecule has 0 heterocycles. The van der Waals surface area contributed by atoms with Crippen LogP contribution in [0.15, 0.2) is 77.7 Å². The number of hydrogen-bond acceptors (Lipinski definition) is 3. The molecule has 0 saturated carbocycles. The Balaban J connectivity index is 1.48. The van der Waals surface area contributed by atoms with Crippen molar-refractivity contribution >= 4 is 29.3 Å². The van der Waals surface area contributed by atoms with Gasteiger partial charge in [-0.1, -0.05) is 53.6 Å². The maximum absolute atomic E-state index is 12.4. The second-order valence-corrected chi connectivity index (χ2v) is 7.90. The molecule has 3 nitrogen and oxygen atoms in total. The second-order valence-electron chi connectivity index (χ2n) is 6.33. The van der Waals surface area contributed by atoms with Crippen LogP contribution < -0.4 is 10.1 Å². The molecule has 0 aliphatic carbocycles. The van der Waals surface area contributed by atoms with E-state index in [4.69, 9.17) is 16.3 Å². The van der Waals surface area contributed by atoms with Crippen molar-refractivity contribution in [3.05, 3.63) is 94.5 Å². The molecule has 3 aromatic rings. The van der Waals surface area contributed by atoms with Gasteiger partial charge in [-0.25, -0.2) is 0 Å². The van der Waals surface area contributed by atoms with Crippen LogP contribution in [0.2, 0.25) is 5.02 Å². The second kappa shape index (κ2) is 10.2. The van der Waals surface area contributed by atoms with Crippen LogP contribution in [0.1, 0.15) is 21.5 Å². The van der Waals surface area contributed by atoms with E-state index in [1.807, 2.05) is 36.4 Å². The van der Waals surface area contributed by atoms with Crippen LogP contribution in [0.25, 0.3) is 0 Å². The molecule has 0 radical (unpaired) electrons. The summed E-state index contributed by atoms with van der Waals surface area (Å²) in [4.78, 5) is 13.6. The average Bonchev–Trinajstić information content (AvgIpc) is 2.72. The van der Waals surface area contributed by atoms with Crippen molar-refractivity contribution in [2.45, 2.75) is 18.4 Å². The largest absolute Gasteiger partial charge is 0.489 e. The van der Waals surface area contributed by atoms with Crippen molar-refractivity contribution in [3.63, 3.8) is 0 Å². The SMILES string of the molecule is Cc1ccc(SCCNC(=O)c2cccc(OCc3ccccc3Cl)c2)cc1. The fourth-order valence-corrected chi connectivity index (χ4v) is 3.53. The minimum Gasteiger partial charge on any atom is -0.489 e. The molecule has 0 atom stereocenters. The third-order valence-corrected chi connectivity index (χ3v) is 5.51. The maximum atomic E-state index is 12.4. The third-order valence-electron chi connectivity index (χ3n) is 4.13. The highest BCUT2D eigenvalue weighted by Crippen LogP contribution is 2.20. The molecule has 5 heteroatoms. The molecule has 0 fully saturated rings. The molecule has 3 aromatic carbocycles. The van der Waals surface area contributed by atoms with Crippen LogP contribution in [0.5, 0.6) is 5.75 Å². The monoisotopic (exact) mass is 411 g/mol. The van der Waals surface area contributed by atoms with Gasteiger partial charge in [0.05, 0.1) is 0 Å². The molecule has 0 aliphatic rings. The van der Waals surface area contributed by atoms with Crippen molar-refractivity contribution in [2.75, 3.05) is 12.3 Å². The van der Waals surface area contributed by atoms with Gasteiger partial charge in [0.25, 0.3) is 5.91 Å². The number of ether oxygens (including phenoxy) is 1. The number of carbonyl (C=O) groups excluding carboxylic acids is 1. The Morgan fingerprint density at radius 2 is 1.82 bits per heavy atom. The van der Waals surface area contributed by atoms with Crippen LogP contribution in [0.4, 0.5) is 0 Å². The van der Waals surface area contributed by atoms with Gasteiger partial charge in [0.2, 0.25) is 0 Å². The summed E-state index contributed by atoms with van der Waals surface area (Å²) in [6, 6.07) is 23.1. The molecule has 1 amide bonds. The lowest BCUT2D eigenvalue weighted by atomic mass is 10.2. The highest BCUT2D eigenvalue weighted by atomic mass is 35.5. The van der Waals surface area contributed by atoms with Crippen LogP contribution >= 0.6 is 23.4 Å². The Labute approximate surface area is 175 Å². The van der Waals surface area contributed by atoms with Gasteiger partial charge in [-0.2, -0.15) is 0 Å². The highest BCUT2D eigenvalue weighted by Gasteiger charge is 2.07. The zero-order chi connectivity index (χ0) is 19.8. The fourth-order valence-electron chi connectivity index (χ4n) is 2.57. The molecule has 3 rings (SSSR count). The first-order valence-electron chi connectivity index (χ1n) is 9.06. The summed E-state index contributed by atoms with van der Waals surface area (Å²) < 4.78 is 5.79. The lowest BCUT2D eigenvalue weighted by molar-refractivity contribution is 0.0955. The Bertz CT molecular complexity index is 928. The molecule has 0 unspecified atom stereocenters. The summed E-state index contributed by atoms with van der Waals surface area (Å²) in [6.07, 6.45) is 0. The molecule has 0 saturated heterocycles. The van der Waals surface area contributed by atoms with Crippen molar-refractivity contribution in [3.8, 4) is 5.75 Å². The topological polar surface area (TPSA) is 38.3 Å². The highest BCUT2D eigenvalue weighted by molar-refractivity contribution is 7.99. The molecule has 28 heavy (non-hydrogen) atoms. The Hall–Kier alpha value is -2.43. The normalized spacial score (nSPS) is 10.5. The minimum absolute atomic E-state index is 0.104. The van der Waals surface area contributed by atoms with Gasteiger partial charge in [0.15, 0.2) is 0 Å². The fraction of sp³-hybridized carbons (Fsp3) is 0.174. The van der Waals surface area contributed by atoms with Gasteiger partial charge in [0, 0.05) is 33.3 Å². The van der Waals surface area contributed by atoms with Crippen molar-refractivity contribution < 1.29 is 9.53 Å². The molecule has 0 aliphatic heterocycles. The van der Waals surface area contributed by atoms with E-state index in [9.17, 15) is 4.79 Å². The summed E-state index contributed by atoms with van der Waals surface area (Å²) >= 11 is 7.87. The third kappa shape index (κ3) is 6.04. The summed E-state index contributed by atoms with van der Waals surface area (Å²) in [6.45, 7) is 3.03. The number of hydrogen-bond donors (Lipinski definition) is 1. The quantitative estimate of drug-likeness (QED) is 0.379. The Morgan fingerprint density at radius 3 is 2.61 bits per heavy atom. The van der Waals surface area contributed by atoms with E-state index in [0.29, 0.717) is 29.5 Å². The summed E-state index contributed by atoms with van der Waals surface area (Å²) in [5.41, 5.74) is 2.73. The maximum Gasteiger partial charge on any atom is 0.251 e. The predicted molar refractivity (Wildman–Crippen MR) is 116 cm³/mol. The van der Waals surface area contributed by atoms with E-state index in [-0.39, 0.29) is 5.91 Å². The van der Waals surface area contributed by atoms with E-state index >= 15 is 0 Å². The number of amides is 1. The standard InChI is InChI=1S/C23H22ClNO2S/c1-17-9-11-21(12-10-17)28-14-13-25-23(26)18-6-4-7-20(15-18)27-16-19-5-2-3-8-22(19)24/h2-12,15H,13-14,16H2,1H3,(H,25,26). The first kappa shape index (κ1) is 20.3. The van der Waals surface area contributed by atoms with Gasteiger partial charge < -0.3 is 10.1 Å². The van der Waals surface area contributed by atoms with Crippen molar-refractivity contribution in [1.82, 2.24) is 5.32 Å². The lowest BCUT2D eigenvalue weighted by Crippen LogP contribution is -2.25. The summed E-state index contributed by atoms with van der Waals surface area (Å²) in [5, 5.41) is 3.62. The number of benzene rings is 3. The van der Waals surface area contributed by atoms with E-state index in [0.717, 1.165) is 11.3 Å². The number of nitrogens with one attached hydrogen (secondary N) is 1. The lowest BCUT2D eigenvalue weighted by Gasteiger charge is -2.10. The molecule has 144 valence electrons. The van der Waals surface area contributed by atoms with Crippen molar-refractivity contribution in [2.24, 2.45) is 0 Å². The zero-order valence-corrected chi connectivity index (χ0v) is 17.2. The average molecular weight is 412 g/mol. The van der Waals surface area contributed by atoms with Gasteiger partial charge in [-0.3, -0.25) is 4.79 Å². The van der Waals surface area contributed by atoms with Crippen LogP contribution in [-0.4, -0.2) is 18.2 Å². The Kier molecular flexibility index (Phi) is 7.40. The van der Waals surface area contributed by atoms with Gasteiger partial charge in [0.1, 0.15) is 12.4 Å². The molecule has 0 bridgehead atoms.